The van der Waals surface area contributed by atoms with Gasteiger partial charge >= 0.3 is 12.2 Å². The fraction of sp³-hybridized carbons (Fsp3) is 0.562. The van der Waals surface area contributed by atoms with Gasteiger partial charge in [-0.15, -0.1) is 0 Å². The third-order valence-electron chi connectivity index (χ3n) is 7.12. The van der Waals surface area contributed by atoms with Gasteiger partial charge in [0.25, 0.3) is 0 Å². The Bertz CT molecular complexity index is 1190. The first-order valence-corrected chi connectivity index (χ1v) is 13.6. The molecule has 2 aromatic carbocycles. The molecule has 0 N–H and O–H groups in total. The highest BCUT2D eigenvalue weighted by Gasteiger charge is 2.33. The molecule has 6 heteroatoms. The van der Waals surface area contributed by atoms with Crippen LogP contribution >= 0.6 is 0 Å². The highest BCUT2D eigenvalue weighted by atomic mass is 16.7. The smallest absolute Gasteiger partial charge is 0.434 e. The van der Waals surface area contributed by atoms with Crippen molar-refractivity contribution in [1.29, 1.82) is 0 Å². The summed E-state index contributed by atoms with van der Waals surface area (Å²) in [5.41, 5.74) is 6.68. The zero-order valence-electron chi connectivity index (χ0n) is 25.8. The molecule has 0 aliphatic heterocycles. The Morgan fingerprint density at radius 1 is 0.711 bits per heavy atom. The zero-order valence-corrected chi connectivity index (χ0v) is 25.8. The summed E-state index contributed by atoms with van der Waals surface area (Å²) in [6, 6.07) is 4.18. The number of nitrogens with zero attached hydrogens (tertiary/aromatic N) is 1. The van der Waals surface area contributed by atoms with Crippen molar-refractivity contribution < 1.29 is 23.8 Å². The number of benzene rings is 2. The van der Waals surface area contributed by atoms with E-state index >= 15 is 0 Å². The van der Waals surface area contributed by atoms with Crippen LogP contribution in [0.4, 0.5) is 9.59 Å². The van der Waals surface area contributed by atoms with E-state index in [-0.39, 0.29) is 17.4 Å². The Morgan fingerprint density at radius 3 is 1.45 bits per heavy atom. The Balaban J connectivity index is 3.15. The molecule has 0 saturated heterocycles. The van der Waals surface area contributed by atoms with E-state index < -0.39 is 12.2 Å². The van der Waals surface area contributed by atoms with Gasteiger partial charge in [0.1, 0.15) is 11.5 Å². The van der Waals surface area contributed by atoms with Crippen LogP contribution in [0.15, 0.2) is 12.1 Å². The predicted octanol–water partition coefficient (Wildman–Crippen LogP) is 8.56. The van der Waals surface area contributed by atoms with Crippen molar-refractivity contribution in [1.82, 2.24) is 4.90 Å². The molecule has 0 aromatic heterocycles. The van der Waals surface area contributed by atoms with Gasteiger partial charge in [-0.25, -0.2) is 9.59 Å². The second-order valence-electron chi connectivity index (χ2n) is 12.0. The first-order chi connectivity index (χ1) is 17.5. The summed E-state index contributed by atoms with van der Waals surface area (Å²) >= 11 is 0. The van der Waals surface area contributed by atoms with E-state index in [0.29, 0.717) is 24.6 Å². The lowest BCUT2D eigenvalue weighted by Crippen LogP contribution is -2.34. The molecular weight excluding hydrogens is 478 g/mol. The van der Waals surface area contributed by atoms with Crippen molar-refractivity contribution in [2.45, 2.75) is 101 Å². The van der Waals surface area contributed by atoms with Gasteiger partial charge in [-0.3, -0.25) is 0 Å². The minimum absolute atomic E-state index is 0.203. The summed E-state index contributed by atoms with van der Waals surface area (Å²) in [7, 11) is 0. The lowest BCUT2D eigenvalue weighted by molar-refractivity contribution is 0.104. The Morgan fingerprint density at radius 2 is 1.11 bits per heavy atom. The summed E-state index contributed by atoms with van der Waals surface area (Å²) in [6.45, 7) is 27.6. The van der Waals surface area contributed by atoms with Crippen molar-refractivity contribution in [2.75, 3.05) is 19.7 Å². The number of rotatable bonds is 6. The normalized spacial score (nSPS) is 11.8. The molecule has 0 unspecified atom stereocenters. The number of aryl methyl sites for hydroxylation is 2. The number of hydrogen-bond donors (Lipinski definition) is 0. The number of carbonyl (C=O) groups excluding carboxylic acids is 2. The van der Waals surface area contributed by atoms with Gasteiger partial charge in [-0.1, -0.05) is 53.7 Å². The molecule has 0 spiro atoms. The minimum atomic E-state index is -0.759. The average Bonchev–Trinajstić information content (AvgIpc) is 2.79. The predicted molar refractivity (Wildman–Crippen MR) is 155 cm³/mol. The summed E-state index contributed by atoms with van der Waals surface area (Å²) in [4.78, 5) is 27.8. The molecule has 2 aromatic rings. The van der Waals surface area contributed by atoms with E-state index in [9.17, 15) is 9.59 Å². The summed E-state index contributed by atoms with van der Waals surface area (Å²) in [6.07, 6.45) is -1.16. The van der Waals surface area contributed by atoms with Crippen LogP contribution in [0, 0.1) is 27.7 Å². The molecule has 0 aliphatic rings. The highest BCUT2D eigenvalue weighted by molar-refractivity contribution is 5.89. The molecule has 38 heavy (non-hydrogen) atoms. The molecule has 210 valence electrons. The average molecular weight is 526 g/mol. The molecule has 0 aliphatic carbocycles. The number of hydrogen-bond acceptors (Lipinski definition) is 5. The van der Waals surface area contributed by atoms with E-state index in [1.165, 1.54) is 0 Å². The SMILES string of the molecule is CCOC(=O)Oc1c(C(C)(C)C)cc(C)c(C)c1-c1c(C)c(C)cc(C(C)(C)C)c1OC(=O)N(CC)CC. The van der Waals surface area contributed by atoms with Crippen LogP contribution < -0.4 is 9.47 Å². The first-order valence-electron chi connectivity index (χ1n) is 13.6. The maximum atomic E-state index is 13.4. The Kier molecular flexibility index (Phi) is 9.68. The number of ether oxygens (including phenoxy) is 3. The molecule has 6 nitrogen and oxygen atoms in total. The van der Waals surface area contributed by atoms with Gasteiger partial charge in [-0.2, -0.15) is 0 Å². The molecule has 0 radical (unpaired) electrons. The first kappa shape index (κ1) is 31.2. The van der Waals surface area contributed by atoms with Crippen LogP contribution in [0.1, 0.15) is 95.7 Å². The van der Waals surface area contributed by atoms with E-state index in [1.807, 2.05) is 27.7 Å². The van der Waals surface area contributed by atoms with E-state index in [1.54, 1.807) is 11.8 Å². The van der Waals surface area contributed by atoms with Crippen molar-refractivity contribution in [3.63, 3.8) is 0 Å². The molecule has 0 fully saturated rings. The fourth-order valence-electron chi connectivity index (χ4n) is 4.58. The van der Waals surface area contributed by atoms with Crippen LogP contribution in [0.25, 0.3) is 11.1 Å². The molecule has 0 bridgehead atoms. The van der Waals surface area contributed by atoms with Gasteiger partial charge in [-0.05, 0) is 81.5 Å². The van der Waals surface area contributed by atoms with Crippen molar-refractivity contribution >= 4 is 12.2 Å². The van der Waals surface area contributed by atoms with Gasteiger partial charge < -0.3 is 19.1 Å². The van der Waals surface area contributed by atoms with Crippen LogP contribution in [0.3, 0.4) is 0 Å². The quantitative estimate of drug-likeness (QED) is 0.279. The lowest BCUT2D eigenvalue weighted by atomic mass is 9.77. The maximum absolute atomic E-state index is 13.4. The van der Waals surface area contributed by atoms with Crippen LogP contribution in [0.2, 0.25) is 0 Å². The van der Waals surface area contributed by atoms with E-state index in [4.69, 9.17) is 14.2 Å². The van der Waals surface area contributed by atoms with Crippen LogP contribution in [-0.4, -0.2) is 36.8 Å². The standard InChI is InChI=1S/C32H47NO5/c1-14-33(15-2)29(34)37-27-23(31(8,9)10)17-19(4)21(6)25(27)26-22(7)20(5)18-24(32(11,12)13)28(26)38-30(35)36-16-3/h17-18H,14-16H2,1-13H3. The van der Waals surface area contributed by atoms with E-state index in [2.05, 4.69) is 67.5 Å². The topological polar surface area (TPSA) is 65.1 Å². The Hall–Kier alpha value is -3.02. The molecule has 0 saturated carbocycles. The molecule has 0 heterocycles. The largest absolute Gasteiger partial charge is 0.513 e. The van der Waals surface area contributed by atoms with Crippen molar-refractivity contribution in [3.05, 3.63) is 45.5 Å². The van der Waals surface area contributed by atoms with E-state index in [0.717, 1.165) is 44.5 Å². The number of amides is 1. The third-order valence-corrected chi connectivity index (χ3v) is 7.12. The summed E-state index contributed by atoms with van der Waals surface area (Å²) in [5.74, 6) is 0.938. The monoisotopic (exact) mass is 525 g/mol. The molecular formula is C32H47NO5. The second kappa shape index (κ2) is 11.8. The zero-order chi connectivity index (χ0) is 29.2. The van der Waals surface area contributed by atoms with Gasteiger partial charge in [0.2, 0.25) is 0 Å². The van der Waals surface area contributed by atoms with Crippen LogP contribution in [0.5, 0.6) is 11.5 Å². The lowest BCUT2D eigenvalue weighted by Gasteiger charge is -2.31. The van der Waals surface area contributed by atoms with Gasteiger partial charge in [0, 0.05) is 35.3 Å². The van der Waals surface area contributed by atoms with Crippen molar-refractivity contribution in [2.24, 2.45) is 0 Å². The third kappa shape index (κ3) is 6.51. The summed E-state index contributed by atoms with van der Waals surface area (Å²) in [5, 5.41) is 0. The molecule has 2 rings (SSSR count). The Labute approximate surface area is 229 Å². The van der Waals surface area contributed by atoms with Crippen LogP contribution in [-0.2, 0) is 15.6 Å². The van der Waals surface area contributed by atoms with Gasteiger partial charge in [0.15, 0.2) is 0 Å². The maximum Gasteiger partial charge on any atom is 0.513 e. The summed E-state index contributed by atoms with van der Waals surface area (Å²) < 4.78 is 17.5. The van der Waals surface area contributed by atoms with Crippen molar-refractivity contribution in [3.8, 4) is 22.6 Å². The highest BCUT2D eigenvalue weighted by Crippen LogP contribution is 2.50. The number of carbonyl (C=O) groups is 2. The molecule has 1 amide bonds. The minimum Gasteiger partial charge on any atom is -0.434 e. The van der Waals surface area contributed by atoms with Gasteiger partial charge in [0.05, 0.1) is 6.61 Å². The fourth-order valence-corrected chi connectivity index (χ4v) is 4.58. The molecule has 0 atom stereocenters. The second-order valence-corrected chi connectivity index (χ2v) is 12.0.